The zero-order chi connectivity index (χ0) is 16.0. The first-order chi connectivity index (χ1) is 11.2. The average Bonchev–Trinajstić information content (AvgIpc) is 3.04. The minimum atomic E-state index is -0.216. The molecule has 2 aliphatic rings. The molecule has 0 bridgehead atoms. The monoisotopic (exact) mass is 329 g/mol. The third-order valence-corrected chi connectivity index (χ3v) is 5.21. The van der Waals surface area contributed by atoms with E-state index in [9.17, 15) is 4.39 Å². The molecule has 0 radical (unpaired) electrons. The number of rotatable bonds is 2. The van der Waals surface area contributed by atoms with E-state index in [1.165, 1.54) is 12.1 Å². The van der Waals surface area contributed by atoms with E-state index >= 15 is 0 Å². The molecule has 2 aromatic carbocycles. The van der Waals surface area contributed by atoms with Crippen molar-refractivity contribution in [2.75, 3.05) is 12.4 Å². The summed E-state index contributed by atoms with van der Waals surface area (Å²) in [6.07, 6.45) is 5.41. The van der Waals surface area contributed by atoms with Gasteiger partial charge in [0.25, 0.3) is 0 Å². The molecule has 1 aliphatic carbocycles. The Labute approximate surface area is 139 Å². The smallest absolute Gasteiger partial charge is 0.142 e. The molecule has 1 aliphatic heterocycles. The van der Waals surface area contributed by atoms with E-state index in [2.05, 4.69) is 17.5 Å². The van der Waals surface area contributed by atoms with E-state index in [0.717, 1.165) is 34.0 Å². The summed E-state index contributed by atoms with van der Waals surface area (Å²) in [5.74, 6) is 1.20. The van der Waals surface area contributed by atoms with Crippen LogP contribution >= 0.6 is 11.6 Å². The predicted molar refractivity (Wildman–Crippen MR) is 90.8 cm³/mol. The summed E-state index contributed by atoms with van der Waals surface area (Å²) in [6, 6.07) is 10.6. The number of methoxy groups -OCH3 is 1. The van der Waals surface area contributed by atoms with Crippen LogP contribution in [0.2, 0.25) is 5.02 Å². The lowest BCUT2D eigenvalue weighted by molar-refractivity contribution is 0.397. The van der Waals surface area contributed by atoms with Crippen molar-refractivity contribution in [3.05, 3.63) is 70.5 Å². The molecule has 0 aromatic heterocycles. The molecule has 0 fully saturated rings. The highest BCUT2D eigenvalue weighted by atomic mass is 35.5. The van der Waals surface area contributed by atoms with Crippen molar-refractivity contribution in [3.8, 4) is 5.75 Å². The van der Waals surface area contributed by atoms with Gasteiger partial charge < -0.3 is 10.1 Å². The van der Waals surface area contributed by atoms with Gasteiger partial charge in [-0.2, -0.15) is 0 Å². The second kappa shape index (κ2) is 5.57. The minimum absolute atomic E-state index is 0.107. The Bertz CT molecular complexity index is 772. The molecule has 4 heteroatoms. The van der Waals surface area contributed by atoms with E-state index in [-0.39, 0.29) is 17.8 Å². The number of ether oxygens (including phenoxy) is 1. The van der Waals surface area contributed by atoms with E-state index in [0.29, 0.717) is 5.92 Å². The van der Waals surface area contributed by atoms with Gasteiger partial charge in [-0.3, -0.25) is 0 Å². The van der Waals surface area contributed by atoms with Crippen molar-refractivity contribution in [2.24, 2.45) is 5.92 Å². The van der Waals surface area contributed by atoms with Crippen LogP contribution in [0.15, 0.2) is 48.6 Å². The molecule has 0 saturated heterocycles. The van der Waals surface area contributed by atoms with Gasteiger partial charge in [-0.05, 0) is 42.2 Å². The number of hydrogen-bond donors (Lipinski definition) is 1. The van der Waals surface area contributed by atoms with Crippen LogP contribution in [0.3, 0.4) is 0 Å². The SMILES string of the molecule is COc1ccc(Cl)c2c1N[C@@H](c1ccc(F)cc1)[C@H]1CC=C[C@H]21. The maximum atomic E-state index is 13.3. The fourth-order valence-corrected chi connectivity index (χ4v) is 4.09. The first kappa shape index (κ1) is 14.6. The van der Waals surface area contributed by atoms with Crippen molar-refractivity contribution in [1.82, 2.24) is 0 Å². The molecule has 118 valence electrons. The van der Waals surface area contributed by atoms with Crippen molar-refractivity contribution >= 4 is 17.3 Å². The van der Waals surface area contributed by atoms with Crippen molar-refractivity contribution < 1.29 is 9.13 Å². The number of allylic oxidation sites excluding steroid dienone is 2. The third-order valence-electron chi connectivity index (χ3n) is 4.88. The summed E-state index contributed by atoms with van der Waals surface area (Å²) >= 11 is 6.47. The summed E-state index contributed by atoms with van der Waals surface area (Å²) in [5, 5.41) is 4.35. The molecule has 4 rings (SSSR count). The van der Waals surface area contributed by atoms with Gasteiger partial charge in [-0.25, -0.2) is 4.39 Å². The van der Waals surface area contributed by atoms with Gasteiger partial charge in [-0.1, -0.05) is 35.9 Å². The van der Waals surface area contributed by atoms with Crippen molar-refractivity contribution in [2.45, 2.75) is 18.4 Å². The highest BCUT2D eigenvalue weighted by Crippen LogP contribution is 2.54. The average molecular weight is 330 g/mol. The number of halogens is 2. The van der Waals surface area contributed by atoms with E-state index < -0.39 is 0 Å². The van der Waals surface area contributed by atoms with Crippen LogP contribution in [-0.4, -0.2) is 7.11 Å². The topological polar surface area (TPSA) is 21.3 Å². The van der Waals surface area contributed by atoms with Crippen LogP contribution in [-0.2, 0) is 0 Å². The minimum Gasteiger partial charge on any atom is -0.495 e. The number of hydrogen-bond acceptors (Lipinski definition) is 2. The quantitative estimate of drug-likeness (QED) is 0.753. The maximum Gasteiger partial charge on any atom is 0.142 e. The Morgan fingerprint density at radius 1 is 1.17 bits per heavy atom. The second-order valence-corrected chi connectivity index (χ2v) is 6.47. The second-order valence-electron chi connectivity index (χ2n) is 6.07. The van der Waals surface area contributed by atoms with E-state index in [1.807, 2.05) is 24.3 Å². The van der Waals surface area contributed by atoms with Gasteiger partial charge in [0.1, 0.15) is 11.6 Å². The van der Waals surface area contributed by atoms with Gasteiger partial charge in [-0.15, -0.1) is 0 Å². The summed E-state index contributed by atoms with van der Waals surface area (Å²) in [6.45, 7) is 0. The highest BCUT2D eigenvalue weighted by molar-refractivity contribution is 6.32. The summed E-state index contributed by atoms with van der Waals surface area (Å²) in [7, 11) is 1.66. The molecule has 0 spiro atoms. The standard InChI is InChI=1S/C19H17ClFNO/c1-23-16-10-9-15(20)17-13-3-2-4-14(13)18(22-19(16)17)11-5-7-12(21)8-6-11/h2-3,5-10,13-14,18,22H,4H2,1H3/t13-,14-,18-/m0/s1. The Hall–Kier alpha value is -2.00. The fourth-order valence-electron chi connectivity index (χ4n) is 3.81. The van der Waals surface area contributed by atoms with Gasteiger partial charge in [0.15, 0.2) is 0 Å². The number of anilines is 1. The zero-order valence-electron chi connectivity index (χ0n) is 12.7. The van der Waals surface area contributed by atoms with Crippen LogP contribution in [0.25, 0.3) is 0 Å². The van der Waals surface area contributed by atoms with E-state index in [4.69, 9.17) is 16.3 Å². The fraction of sp³-hybridized carbons (Fsp3) is 0.263. The number of fused-ring (bicyclic) bond motifs is 3. The lowest BCUT2D eigenvalue weighted by Gasteiger charge is -2.38. The lowest BCUT2D eigenvalue weighted by atomic mass is 9.77. The first-order valence-electron chi connectivity index (χ1n) is 7.74. The summed E-state index contributed by atoms with van der Waals surface area (Å²) in [5.41, 5.74) is 3.13. The van der Waals surface area contributed by atoms with Crippen LogP contribution in [0.5, 0.6) is 5.75 Å². The van der Waals surface area contributed by atoms with E-state index in [1.54, 1.807) is 7.11 Å². The van der Waals surface area contributed by atoms with Gasteiger partial charge in [0.2, 0.25) is 0 Å². The molecule has 0 amide bonds. The van der Waals surface area contributed by atoms with Crippen LogP contribution in [0.4, 0.5) is 10.1 Å². The molecule has 0 saturated carbocycles. The Balaban J connectivity index is 1.84. The molecule has 1 heterocycles. The molecular formula is C19H17ClFNO. The van der Waals surface area contributed by atoms with Crippen LogP contribution < -0.4 is 10.1 Å². The highest BCUT2D eigenvalue weighted by Gasteiger charge is 2.40. The zero-order valence-corrected chi connectivity index (χ0v) is 13.5. The maximum absolute atomic E-state index is 13.3. The third kappa shape index (κ3) is 2.31. The number of nitrogens with one attached hydrogen (secondary N) is 1. The largest absolute Gasteiger partial charge is 0.495 e. The molecule has 0 unspecified atom stereocenters. The van der Waals surface area contributed by atoms with Gasteiger partial charge >= 0.3 is 0 Å². The van der Waals surface area contributed by atoms with Crippen LogP contribution in [0.1, 0.15) is 29.5 Å². The van der Waals surface area contributed by atoms with Crippen molar-refractivity contribution in [3.63, 3.8) is 0 Å². The van der Waals surface area contributed by atoms with Crippen molar-refractivity contribution in [1.29, 1.82) is 0 Å². The molecule has 2 aromatic rings. The Morgan fingerprint density at radius 2 is 1.96 bits per heavy atom. The molecular weight excluding hydrogens is 313 g/mol. The molecule has 23 heavy (non-hydrogen) atoms. The lowest BCUT2D eigenvalue weighted by Crippen LogP contribution is -2.29. The Kier molecular flexibility index (Phi) is 3.53. The first-order valence-corrected chi connectivity index (χ1v) is 8.12. The summed E-state index contributed by atoms with van der Waals surface area (Å²) in [4.78, 5) is 0. The molecule has 3 atom stereocenters. The molecule has 2 nitrogen and oxygen atoms in total. The Morgan fingerprint density at radius 3 is 2.70 bits per heavy atom. The molecule has 1 N–H and O–H groups in total. The summed E-state index contributed by atoms with van der Waals surface area (Å²) < 4.78 is 18.8. The van der Waals surface area contributed by atoms with Gasteiger partial charge in [0, 0.05) is 16.5 Å². The van der Waals surface area contributed by atoms with Gasteiger partial charge in [0.05, 0.1) is 18.8 Å². The predicted octanol–water partition coefficient (Wildman–Crippen LogP) is 5.31. The number of benzene rings is 2. The van der Waals surface area contributed by atoms with Crippen LogP contribution in [0, 0.1) is 11.7 Å². The normalized spacial score (nSPS) is 24.7.